The van der Waals surface area contributed by atoms with E-state index in [1.165, 1.54) is 77.4 Å². The van der Waals surface area contributed by atoms with Crippen LogP contribution in [-0.2, 0) is 0 Å². The second-order valence-corrected chi connectivity index (χ2v) is 6.77. The van der Waals surface area contributed by atoms with Gasteiger partial charge in [-0.3, -0.25) is 0 Å². The Bertz CT molecular complexity index is 225. The average Bonchev–Trinajstić information content (AvgIpc) is 2.41. The number of nitrogens with zero attached hydrogens (tertiary/aromatic N) is 1. The minimum atomic E-state index is 0.725. The summed E-state index contributed by atoms with van der Waals surface area (Å²) in [5.74, 6) is 0.910. The molecule has 2 nitrogen and oxygen atoms in total. The fourth-order valence-electron chi connectivity index (χ4n) is 3.90. The fraction of sp³-hybridized carbons (Fsp3) is 1.00. The van der Waals surface area contributed by atoms with Gasteiger partial charge < -0.3 is 10.2 Å². The van der Waals surface area contributed by atoms with E-state index in [0.29, 0.717) is 0 Å². The summed E-state index contributed by atoms with van der Waals surface area (Å²) in [5, 5.41) is 3.97. The van der Waals surface area contributed by atoms with Crippen molar-refractivity contribution in [2.45, 2.75) is 83.7 Å². The summed E-state index contributed by atoms with van der Waals surface area (Å²) in [7, 11) is 0. The molecule has 1 heterocycles. The number of likely N-dealkylation sites (tertiary alicyclic amines) is 1. The third kappa shape index (κ3) is 5.07. The van der Waals surface area contributed by atoms with Gasteiger partial charge in [-0.15, -0.1) is 0 Å². The Hall–Kier alpha value is -0.0800. The molecule has 0 aromatic rings. The molecule has 2 heteroatoms. The molecule has 0 radical (unpaired) electrons. The second-order valence-electron chi connectivity index (χ2n) is 6.77. The first kappa shape index (κ1) is 15.3. The third-order valence-corrected chi connectivity index (χ3v) is 5.39. The Morgan fingerprint density at radius 1 is 0.947 bits per heavy atom. The van der Waals surface area contributed by atoms with E-state index >= 15 is 0 Å². The maximum absolute atomic E-state index is 3.97. The predicted octanol–water partition coefficient (Wildman–Crippen LogP) is 3.81. The van der Waals surface area contributed by atoms with Gasteiger partial charge in [-0.2, -0.15) is 0 Å². The summed E-state index contributed by atoms with van der Waals surface area (Å²) in [4.78, 5) is 2.60. The smallest absolute Gasteiger partial charge is 0.00705 e. The van der Waals surface area contributed by atoms with Crippen molar-refractivity contribution in [3.05, 3.63) is 0 Å². The number of hydrogen-bond acceptors (Lipinski definition) is 2. The molecule has 0 amide bonds. The zero-order valence-corrected chi connectivity index (χ0v) is 13.2. The van der Waals surface area contributed by atoms with Gasteiger partial charge in [0.25, 0.3) is 0 Å². The summed E-state index contributed by atoms with van der Waals surface area (Å²) < 4.78 is 0. The number of rotatable bonds is 4. The molecule has 1 unspecified atom stereocenters. The van der Waals surface area contributed by atoms with Crippen LogP contribution in [0.1, 0.15) is 71.6 Å². The SMILES string of the molecule is CCN1CCC(C(C)NC2CCCCCCC2)CC1. The maximum Gasteiger partial charge on any atom is 0.00705 e. The molecule has 0 spiro atoms. The van der Waals surface area contributed by atoms with E-state index in [1.807, 2.05) is 0 Å². The second kappa shape index (κ2) is 8.26. The first-order valence-electron chi connectivity index (χ1n) is 8.78. The van der Waals surface area contributed by atoms with Crippen LogP contribution in [0.5, 0.6) is 0 Å². The molecular formula is C17H34N2. The van der Waals surface area contributed by atoms with Crippen LogP contribution in [0, 0.1) is 5.92 Å². The molecule has 19 heavy (non-hydrogen) atoms. The number of piperidine rings is 1. The Morgan fingerprint density at radius 3 is 2.11 bits per heavy atom. The molecule has 1 atom stereocenters. The van der Waals surface area contributed by atoms with Crippen molar-refractivity contribution in [3.8, 4) is 0 Å². The summed E-state index contributed by atoms with van der Waals surface area (Å²) in [5.41, 5.74) is 0. The van der Waals surface area contributed by atoms with Gasteiger partial charge in [0.15, 0.2) is 0 Å². The summed E-state index contributed by atoms with van der Waals surface area (Å²) in [6, 6.07) is 1.53. The van der Waals surface area contributed by atoms with Crippen molar-refractivity contribution in [3.63, 3.8) is 0 Å². The highest BCUT2D eigenvalue weighted by atomic mass is 15.1. The van der Waals surface area contributed by atoms with Gasteiger partial charge in [-0.05, 0) is 58.2 Å². The van der Waals surface area contributed by atoms with Crippen LogP contribution in [-0.4, -0.2) is 36.6 Å². The first-order valence-corrected chi connectivity index (χ1v) is 8.78. The van der Waals surface area contributed by atoms with Crippen molar-refractivity contribution in [1.29, 1.82) is 0 Å². The van der Waals surface area contributed by atoms with Crippen LogP contribution in [0.3, 0.4) is 0 Å². The van der Waals surface area contributed by atoms with E-state index in [4.69, 9.17) is 0 Å². The Morgan fingerprint density at radius 2 is 1.53 bits per heavy atom. The topological polar surface area (TPSA) is 15.3 Å². The fourth-order valence-corrected chi connectivity index (χ4v) is 3.90. The minimum Gasteiger partial charge on any atom is -0.311 e. The Kier molecular flexibility index (Phi) is 6.66. The molecule has 1 saturated carbocycles. The number of hydrogen-bond donors (Lipinski definition) is 1. The average molecular weight is 266 g/mol. The summed E-state index contributed by atoms with van der Waals surface area (Å²) in [6.45, 7) is 8.59. The summed E-state index contributed by atoms with van der Waals surface area (Å²) in [6.07, 6.45) is 12.9. The standard InChI is InChI=1S/C17H34N2/c1-3-19-13-11-16(12-14-19)15(2)18-17-9-7-5-4-6-8-10-17/h15-18H,3-14H2,1-2H3. The van der Waals surface area contributed by atoms with Crippen LogP contribution < -0.4 is 5.32 Å². The highest BCUT2D eigenvalue weighted by Crippen LogP contribution is 2.23. The van der Waals surface area contributed by atoms with Crippen molar-refractivity contribution in [1.82, 2.24) is 10.2 Å². The van der Waals surface area contributed by atoms with Gasteiger partial charge in [-0.1, -0.05) is 39.0 Å². The Balaban J connectivity index is 1.71. The van der Waals surface area contributed by atoms with E-state index in [0.717, 1.165) is 18.0 Å². The molecule has 112 valence electrons. The molecule has 1 aliphatic heterocycles. The lowest BCUT2D eigenvalue weighted by Gasteiger charge is -2.36. The van der Waals surface area contributed by atoms with E-state index in [2.05, 4.69) is 24.1 Å². The highest BCUT2D eigenvalue weighted by Gasteiger charge is 2.24. The van der Waals surface area contributed by atoms with Gasteiger partial charge in [0.2, 0.25) is 0 Å². The van der Waals surface area contributed by atoms with Crippen LogP contribution in [0.2, 0.25) is 0 Å². The van der Waals surface area contributed by atoms with E-state index in [9.17, 15) is 0 Å². The molecular weight excluding hydrogens is 232 g/mol. The van der Waals surface area contributed by atoms with Gasteiger partial charge in [0.05, 0.1) is 0 Å². The van der Waals surface area contributed by atoms with E-state index < -0.39 is 0 Å². The minimum absolute atomic E-state index is 0.725. The van der Waals surface area contributed by atoms with E-state index in [-0.39, 0.29) is 0 Å². The lowest BCUT2D eigenvalue weighted by molar-refractivity contribution is 0.161. The number of nitrogens with one attached hydrogen (secondary N) is 1. The molecule has 0 bridgehead atoms. The molecule has 1 aliphatic carbocycles. The molecule has 1 N–H and O–H groups in total. The van der Waals surface area contributed by atoms with E-state index in [1.54, 1.807) is 0 Å². The highest BCUT2D eigenvalue weighted by molar-refractivity contribution is 4.82. The van der Waals surface area contributed by atoms with Crippen LogP contribution >= 0.6 is 0 Å². The third-order valence-electron chi connectivity index (χ3n) is 5.39. The first-order chi connectivity index (χ1) is 9.29. The molecule has 2 fully saturated rings. The van der Waals surface area contributed by atoms with Gasteiger partial charge in [0, 0.05) is 12.1 Å². The molecule has 1 saturated heterocycles. The zero-order chi connectivity index (χ0) is 13.5. The lowest BCUT2D eigenvalue weighted by Crippen LogP contribution is -2.45. The molecule has 0 aromatic heterocycles. The maximum atomic E-state index is 3.97. The van der Waals surface area contributed by atoms with Gasteiger partial charge in [0.1, 0.15) is 0 Å². The van der Waals surface area contributed by atoms with Crippen molar-refractivity contribution >= 4 is 0 Å². The molecule has 0 aromatic carbocycles. The van der Waals surface area contributed by atoms with Crippen molar-refractivity contribution < 1.29 is 0 Å². The van der Waals surface area contributed by atoms with Crippen LogP contribution in [0.15, 0.2) is 0 Å². The Labute approximate surface area is 120 Å². The predicted molar refractivity (Wildman–Crippen MR) is 83.5 cm³/mol. The lowest BCUT2D eigenvalue weighted by atomic mass is 9.88. The molecule has 2 rings (SSSR count). The molecule has 2 aliphatic rings. The largest absolute Gasteiger partial charge is 0.311 e. The van der Waals surface area contributed by atoms with Gasteiger partial charge >= 0.3 is 0 Å². The summed E-state index contributed by atoms with van der Waals surface area (Å²) >= 11 is 0. The monoisotopic (exact) mass is 266 g/mol. The van der Waals surface area contributed by atoms with Gasteiger partial charge in [-0.25, -0.2) is 0 Å². The van der Waals surface area contributed by atoms with Crippen molar-refractivity contribution in [2.24, 2.45) is 5.92 Å². The normalized spacial score (nSPS) is 26.8. The van der Waals surface area contributed by atoms with Crippen molar-refractivity contribution in [2.75, 3.05) is 19.6 Å². The van der Waals surface area contributed by atoms with Crippen LogP contribution in [0.25, 0.3) is 0 Å². The van der Waals surface area contributed by atoms with Crippen LogP contribution in [0.4, 0.5) is 0 Å². The zero-order valence-electron chi connectivity index (χ0n) is 13.2. The quantitative estimate of drug-likeness (QED) is 0.832.